The summed E-state index contributed by atoms with van der Waals surface area (Å²) in [5, 5.41) is 13.5. The van der Waals surface area contributed by atoms with Gasteiger partial charge in [-0.15, -0.1) is 0 Å². The minimum Gasteiger partial charge on any atom is -0.393 e. The molecule has 1 saturated heterocycles. The van der Waals surface area contributed by atoms with Gasteiger partial charge in [-0.1, -0.05) is 37.6 Å². The Morgan fingerprint density at radius 3 is 2.48 bits per heavy atom. The number of rotatable bonds is 8. The maximum absolute atomic E-state index is 9.66. The zero-order valence-corrected chi connectivity index (χ0v) is 14.5. The zero-order chi connectivity index (χ0) is 16.1. The fraction of sp³-hybridized carbons (Fsp3) is 0.700. The molecule has 2 aliphatic rings. The first-order valence-electron chi connectivity index (χ1n) is 9.47. The molecule has 1 saturated carbocycles. The van der Waals surface area contributed by atoms with E-state index in [2.05, 4.69) is 41.4 Å². The number of likely N-dealkylation sites (tertiary alicyclic amines) is 1. The Balaban J connectivity index is 1.56. The molecule has 3 rings (SSSR count). The zero-order valence-electron chi connectivity index (χ0n) is 14.5. The highest BCUT2D eigenvalue weighted by Crippen LogP contribution is 2.34. The SMILES string of the molecule is CCCC(NCc1ccccc1CN1CCC(O)CC1)C1CC1. The third-order valence-corrected chi connectivity index (χ3v) is 5.41. The van der Waals surface area contributed by atoms with Gasteiger partial charge in [0.2, 0.25) is 0 Å². The predicted molar refractivity (Wildman–Crippen MR) is 95.2 cm³/mol. The average molecular weight is 316 g/mol. The van der Waals surface area contributed by atoms with E-state index in [-0.39, 0.29) is 6.10 Å². The van der Waals surface area contributed by atoms with E-state index in [4.69, 9.17) is 0 Å². The molecule has 0 aromatic heterocycles. The highest BCUT2D eigenvalue weighted by Gasteiger charge is 2.30. The molecule has 23 heavy (non-hydrogen) atoms. The number of hydrogen-bond donors (Lipinski definition) is 2. The summed E-state index contributed by atoms with van der Waals surface area (Å²) in [5.41, 5.74) is 2.89. The summed E-state index contributed by atoms with van der Waals surface area (Å²) in [6, 6.07) is 9.57. The summed E-state index contributed by atoms with van der Waals surface area (Å²) in [6.07, 6.45) is 7.14. The maximum atomic E-state index is 9.66. The lowest BCUT2D eigenvalue weighted by molar-refractivity contribution is 0.0791. The molecule has 3 nitrogen and oxygen atoms in total. The first kappa shape index (κ1) is 16.9. The molecule has 1 aromatic carbocycles. The van der Waals surface area contributed by atoms with Crippen LogP contribution in [0, 0.1) is 5.92 Å². The van der Waals surface area contributed by atoms with E-state index in [0.717, 1.165) is 44.9 Å². The summed E-state index contributed by atoms with van der Waals surface area (Å²) < 4.78 is 0. The number of nitrogens with one attached hydrogen (secondary N) is 1. The van der Waals surface area contributed by atoms with Crippen LogP contribution in [0.1, 0.15) is 56.6 Å². The number of benzene rings is 1. The van der Waals surface area contributed by atoms with Gasteiger partial charge in [-0.3, -0.25) is 4.90 Å². The van der Waals surface area contributed by atoms with E-state index in [1.165, 1.54) is 36.8 Å². The number of hydrogen-bond acceptors (Lipinski definition) is 3. The van der Waals surface area contributed by atoms with Crippen molar-refractivity contribution >= 4 is 0 Å². The molecule has 1 aliphatic heterocycles. The van der Waals surface area contributed by atoms with Crippen LogP contribution in [0.15, 0.2) is 24.3 Å². The van der Waals surface area contributed by atoms with Crippen molar-refractivity contribution in [1.82, 2.24) is 10.2 Å². The number of nitrogens with zero attached hydrogens (tertiary/aromatic N) is 1. The normalized spacial score (nSPS) is 21.5. The summed E-state index contributed by atoms with van der Waals surface area (Å²) in [7, 11) is 0. The summed E-state index contributed by atoms with van der Waals surface area (Å²) in [6.45, 7) is 6.34. The molecule has 0 radical (unpaired) electrons. The van der Waals surface area contributed by atoms with Crippen molar-refractivity contribution in [1.29, 1.82) is 0 Å². The standard InChI is InChI=1S/C20H32N2O/c1-2-5-20(16-8-9-16)21-14-17-6-3-4-7-18(17)15-22-12-10-19(23)11-13-22/h3-4,6-7,16,19-21,23H,2,5,8-15H2,1H3. The molecule has 1 aromatic rings. The molecule has 1 atom stereocenters. The fourth-order valence-corrected chi connectivity index (χ4v) is 3.76. The highest BCUT2D eigenvalue weighted by atomic mass is 16.3. The smallest absolute Gasteiger partial charge is 0.0564 e. The van der Waals surface area contributed by atoms with Crippen molar-refractivity contribution in [2.45, 2.75) is 70.7 Å². The monoisotopic (exact) mass is 316 g/mol. The Kier molecular flexibility index (Phi) is 6.09. The van der Waals surface area contributed by atoms with Gasteiger partial charge in [-0.2, -0.15) is 0 Å². The fourth-order valence-electron chi connectivity index (χ4n) is 3.76. The lowest BCUT2D eigenvalue weighted by atomic mass is 10.0. The molecule has 2 fully saturated rings. The molecule has 1 unspecified atom stereocenters. The number of aliphatic hydroxyl groups is 1. The second-order valence-corrected chi connectivity index (χ2v) is 7.39. The second kappa shape index (κ2) is 8.27. The van der Waals surface area contributed by atoms with E-state index in [0.29, 0.717) is 6.04 Å². The topological polar surface area (TPSA) is 35.5 Å². The molecule has 128 valence electrons. The van der Waals surface area contributed by atoms with Crippen LogP contribution in [0.3, 0.4) is 0 Å². The average Bonchev–Trinajstić information content (AvgIpc) is 3.40. The van der Waals surface area contributed by atoms with Crippen molar-refractivity contribution in [3.8, 4) is 0 Å². The third kappa shape index (κ3) is 5.03. The van der Waals surface area contributed by atoms with Gasteiger partial charge in [0.05, 0.1) is 6.10 Å². The molecule has 0 spiro atoms. The van der Waals surface area contributed by atoms with Crippen LogP contribution in [0.4, 0.5) is 0 Å². The molecular weight excluding hydrogens is 284 g/mol. The van der Waals surface area contributed by atoms with E-state index < -0.39 is 0 Å². The number of piperidine rings is 1. The lowest BCUT2D eigenvalue weighted by Gasteiger charge is -2.30. The maximum Gasteiger partial charge on any atom is 0.0564 e. The van der Waals surface area contributed by atoms with Gasteiger partial charge in [0.15, 0.2) is 0 Å². The largest absolute Gasteiger partial charge is 0.393 e. The minimum atomic E-state index is -0.0866. The van der Waals surface area contributed by atoms with E-state index >= 15 is 0 Å². The highest BCUT2D eigenvalue weighted by molar-refractivity contribution is 5.27. The molecule has 1 aliphatic carbocycles. The van der Waals surface area contributed by atoms with E-state index in [1.54, 1.807) is 0 Å². The van der Waals surface area contributed by atoms with Gasteiger partial charge in [0.1, 0.15) is 0 Å². The molecule has 1 heterocycles. The van der Waals surface area contributed by atoms with Crippen molar-refractivity contribution in [2.75, 3.05) is 13.1 Å². The number of aliphatic hydroxyl groups excluding tert-OH is 1. The van der Waals surface area contributed by atoms with Gasteiger partial charge < -0.3 is 10.4 Å². The quantitative estimate of drug-likeness (QED) is 0.772. The van der Waals surface area contributed by atoms with Crippen molar-refractivity contribution in [3.63, 3.8) is 0 Å². The van der Waals surface area contributed by atoms with Crippen LogP contribution in [0.25, 0.3) is 0 Å². The van der Waals surface area contributed by atoms with Gasteiger partial charge in [0.25, 0.3) is 0 Å². The van der Waals surface area contributed by atoms with Crippen molar-refractivity contribution in [2.24, 2.45) is 5.92 Å². The van der Waals surface area contributed by atoms with Crippen LogP contribution < -0.4 is 5.32 Å². The second-order valence-electron chi connectivity index (χ2n) is 7.39. The minimum absolute atomic E-state index is 0.0866. The lowest BCUT2D eigenvalue weighted by Crippen LogP contribution is -2.36. The Hall–Kier alpha value is -0.900. The van der Waals surface area contributed by atoms with Crippen molar-refractivity contribution in [3.05, 3.63) is 35.4 Å². The molecule has 0 amide bonds. The van der Waals surface area contributed by atoms with Gasteiger partial charge in [-0.25, -0.2) is 0 Å². The molecular formula is C20H32N2O. The van der Waals surface area contributed by atoms with Crippen molar-refractivity contribution < 1.29 is 5.11 Å². The van der Waals surface area contributed by atoms with E-state index in [1.807, 2.05) is 0 Å². The Morgan fingerprint density at radius 2 is 1.83 bits per heavy atom. The molecule has 0 bridgehead atoms. The Labute approximate surface area is 141 Å². The van der Waals surface area contributed by atoms with Crippen LogP contribution >= 0.6 is 0 Å². The van der Waals surface area contributed by atoms with Gasteiger partial charge in [-0.05, 0) is 49.1 Å². The van der Waals surface area contributed by atoms with Crippen LogP contribution in [0.2, 0.25) is 0 Å². The Morgan fingerprint density at radius 1 is 1.13 bits per heavy atom. The Bertz CT molecular complexity index is 478. The predicted octanol–water partition coefficient (Wildman–Crippen LogP) is 3.31. The van der Waals surface area contributed by atoms with E-state index in [9.17, 15) is 5.11 Å². The van der Waals surface area contributed by atoms with Crippen LogP contribution in [-0.4, -0.2) is 35.2 Å². The first-order chi connectivity index (χ1) is 11.3. The third-order valence-electron chi connectivity index (χ3n) is 5.41. The first-order valence-corrected chi connectivity index (χ1v) is 9.47. The summed E-state index contributed by atoms with van der Waals surface area (Å²) in [5.74, 6) is 0.922. The van der Waals surface area contributed by atoms with Gasteiger partial charge >= 0.3 is 0 Å². The van der Waals surface area contributed by atoms with Gasteiger partial charge in [0, 0.05) is 32.2 Å². The summed E-state index contributed by atoms with van der Waals surface area (Å²) in [4.78, 5) is 2.48. The van der Waals surface area contributed by atoms with Crippen LogP contribution in [0.5, 0.6) is 0 Å². The molecule has 2 N–H and O–H groups in total. The van der Waals surface area contributed by atoms with Crippen LogP contribution in [-0.2, 0) is 13.1 Å². The molecule has 3 heteroatoms. The summed E-state index contributed by atoms with van der Waals surface area (Å²) >= 11 is 0.